The maximum atomic E-state index is 12.0. The largest absolute Gasteiger partial charge is 0.507 e. The second-order valence-corrected chi connectivity index (χ2v) is 6.17. The normalized spacial score (nSPS) is 13.4. The van der Waals surface area contributed by atoms with Crippen molar-refractivity contribution in [1.29, 1.82) is 0 Å². The fourth-order valence-electron chi connectivity index (χ4n) is 1.77. The molecule has 0 fully saturated rings. The molecule has 2 N–H and O–H groups in total. The number of unbranched alkanes of at least 4 members (excludes halogenated alkanes) is 2. The third-order valence-electron chi connectivity index (χ3n) is 2.75. The van der Waals surface area contributed by atoms with Gasteiger partial charge in [-0.1, -0.05) is 38.3 Å². The first kappa shape index (κ1) is 15.0. The first-order chi connectivity index (χ1) is 8.47. The first-order valence-corrected chi connectivity index (χ1v) is 7.76. The molecule has 0 aliphatic carbocycles. The highest BCUT2D eigenvalue weighted by atomic mass is 32.2. The summed E-state index contributed by atoms with van der Waals surface area (Å²) in [6.45, 7) is 3.95. The summed E-state index contributed by atoms with van der Waals surface area (Å²) >= 11 is 0. The first-order valence-electron chi connectivity index (χ1n) is 6.27. The topological polar surface area (TPSA) is 66.4 Å². The van der Waals surface area contributed by atoms with Gasteiger partial charge in [0.25, 0.3) is 0 Å². The van der Waals surface area contributed by atoms with Crippen molar-refractivity contribution in [2.24, 2.45) is 0 Å². The lowest BCUT2D eigenvalue weighted by Crippen LogP contribution is -2.32. The molecule has 0 aliphatic rings. The minimum Gasteiger partial charge on any atom is -0.507 e. The zero-order chi connectivity index (χ0) is 13.6. The van der Waals surface area contributed by atoms with Gasteiger partial charge in [-0.25, -0.2) is 13.1 Å². The minimum atomic E-state index is -3.63. The van der Waals surface area contributed by atoms with Gasteiger partial charge >= 0.3 is 0 Å². The Bertz CT molecular complexity index is 471. The quantitative estimate of drug-likeness (QED) is 0.749. The lowest BCUT2D eigenvalue weighted by molar-refractivity contribution is 0.456. The molecule has 0 bridgehead atoms. The van der Waals surface area contributed by atoms with Gasteiger partial charge in [0, 0.05) is 6.04 Å². The van der Waals surface area contributed by atoms with Crippen molar-refractivity contribution < 1.29 is 13.5 Å². The molecular formula is C13H21NO3S. The number of benzene rings is 1. The van der Waals surface area contributed by atoms with Gasteiger partial charge < -0.3 is 5.11 Å². The van der Waals surface area contributed by atoms with Gasteiger partial charge in [-0.15, -0.1) is 0 Å². The van der Waals surface area contributed by atoms with E-state index >= 15 is 0 Å². The van der Waals surface area contributed by atoms with Gasteiger partial charge in [0.05, 0.1) is 0 Å². The third kappa shape index (κ3) is 4.31. The molecule has 0 heterocycles. The van der Waals surface area contributed by atoms with Crippen molar-refractivity contribution >= 4 is 10.0 Å². The van der Waals surface area contributed by atoms with E-state index < -0.39 is 10.0 Å². The van der Waals surface area contributed by atoms with Gasteiger partial charge in [0.2, 0.25) is 10.0 Å². The van der Waals surface area contributed by atoms with E-state index in [1.165, 1.54) is 12.1 Å². The highest BCUT2D eigenvalue weighted by molar-refractivity contribution is 7.89. The van der Waals surface area contributed by atoms with Crippen LogP contribution in [0.1, 0.15) is 39.5 Å². The molecular weight excluding hydrogens is 250 g/mol. The molecule has 1 aromatic rings. The summed E-state index contributed by atoms with van der Waals surface area (Å²) in [7, 11) is -3.63. The van der Waals surface area contributed by atoms with Crippen LogP contribution in [0.5, 0.6) is 5.75 Å². The predicted molar refractivity (Wildman–Crippen MR) is 72.0 cm³/mol. The Hall–Kier alpha value is -1.07. The number of rotatable bonds is 7. The van der Waals surface area contributed by atoms with Crippen molar-refractivity contribution in [3.8, 4) is 5.75 Å². The molecule has 1 aromatic carbocycles. The van der Waals surface area contributed by atoms with Crippen molar-refractivity contribution in [3.63, 3.8) is 0 Å². The van der Waals surface area contributed by atoms with E-state index in [0.717, 1.165) is 25.7 Å². The SMILES string of the molecule is CCCCCC(C)NS(=O)(=O)c1ccccc1O. The third-order valence-corrected chi connectivity index (χ3v) is 4.39. The monoisotopic (exact) mass is 271 g/mol. The van der Waals surface area contributed by atoms with Crippen LogP contribution in [-0.4, -0.2) is 19.6 Å². The number of aromatic hydroxyl groups is 1. The van der Waals surface area contributed by atoms with Crippen LogP contribution in [0.3, 0.4) is 0 Å². The standard InChI is InChI=1S/C13H21NO3S/c1-3-4-5-8-11(2)14-18(16,17)13-10-7-6-9-12(13)15/h6-7,9-11,14-15H,3-5,8H2,1-2H3. The molecule has 0 spiro atoms. The minimum absolute atomic E-state index is 0.0626. The van der Waals surface area contributed by atoms with Crippen LogP contribution < -0.4 is 4.72 Å². The van der Waals surface area contributed by atoms with E-state index in [9.17, 15) is 13.5 Å². The molecule has 5 heteroatoms. The molecule has 4 nitrogen and oxygen atoms in total. The van der Waals surface area contributed by atoms with Crippen molar-refractivity contribution in [2.45, 2.75) is 50.5 Å². The number of phenolic OH excluding ortho intramolecular Hbond substituents is 1. The van der Waals surface area contributed by atoms with Crippen LogP contribution in [0.25, 0.3) is 0 Å². The molecule has 1 atom stereocenters. The molecule has 0 saturated carbocycles. The molecule has 0 saturated heterocycles. The Morgan fingerprint density at radius 3 is 2.56 bits per heavy atom. The zero-order valence-corrected chi connectivity index (χ0v) is 11.7. The summed E-state index contributed by atoms with van der Waals surface area (Å²) < 4.78 is 26.6. The summed E-state index contributed by atoms with van der Waals surface area (Å²) in [6.07, 6.45) is 4.02. The lowest BCUT2D eigenvalue weighted by atomic mass is 10.1. The van der Waals surface area contributed by atoms with Gasteiger partial charge in [-0.2, -0.15) is 0 Å². The molecule has 1 rings (SSSR count). The maximum absolute atomic E-state index is 12.0. The number of hydrogen-bond acceptors (Lipinski definition) is 3. The van der Waals surface area contributed by atoms with Crippen molar-refractivity contribution in [3.05, 3.63) is 24.3 Å². The summed E-state index contributed by atoms with van der Waals surface area (Å²) in [4.78, 5) is -0.0626. The number of para-hydroxylation sites is 1. The van der Waals surface area contributed by atoms with Crippen LogP contribution in [0, 0.1) is 0 Å². The second-order valence-electron chi connectivity index (χ2n) is 4.49. The van der Waals surface area contributed by atoms with E-state index in [-0.39, 0.29) is 16.7 Å². The van der Waals surface area contributed by atoms with Gasteiger partial charge in [-0.3, -0.25) is 0 Å². The van der Waals surface area contributed by atoms with Crippen LogP contribution in [0.15, 0.2) is 29.2 Å². The van der Waals surface area contributed by atoms with Crippen LogP contribution in [-0.2, 0) is 10.0 Å². The van der Waals surface area contributed by atoms with Gasteiger partial charge in [0.15, 0.2) is 0 Å². The van der Waals surface area contributed by atoms with E-state index in [1.807, 2.05) is 6.92 Å². The fraction of sp³-hybridized carbons (Fsp3) is 0.538. The van der Waals surface area contributed by atoms with Crippen LogP contribution >= 0.6 is 0 Å². The average Bonchev–Trinajstić information content (AvgIpc) is 2.29. The molecule has 102 valence electrons. The Labute approximate surface area is 109 Å². The van der Waals surface area contributed by atoms with E-state index in [0.29, 0.717) is 0 Å². The average molecular weight is 271 g/mol. The molecule has 1 unspecified atom stereocenters. The Morgan fingerprint density at radius 2 is 1.94 bits per heavy atom. The number of nitrogens with one attached hydrogen (secondary N) is 1. The Balaban J connectivity index is 2.68. The zero-order valence-electron chi connectivity index (χ0n) is 10.9. The predicted octanol–water partition coefficient (Wildman–Crippen LogP) is 2.64. The van der Waals surface area contributed by atoms with Crippen molar-refractivity contribution in [2.75, 3.05) is 0 Å². The summed E-state index contributed by atoms with van der Waals surface area (Å²) in [5.41, 5.74) is 0. The molecule has 0 aromatic heterocycles. The smallest absolute Gasteiger partial charge is 0.244 e. The molecule has 0 aliphatic heterocycles. The van der Waals surface area contributed by atoms with Crippen molar-refractivity contribution in [1.82, 2.24) is 4.72 Å². The molecule has 0 amide bonds. The summed E-state index contributed by atoms with van der Waals surface area (Å²) in [5, 5.41) is 9.55. The van der Waals surface area contributed by atoms with Gasteiger partial charge in [-0.05, 0) is 25.5 Å². The summed E-state index contributed by atoms with van der Waals surface area (Å²) in [6, 6.07) is 5.84. The molecule has 0 radical (unpaired) electrons. The summed E-state index contributed by atoms with van der Waals surface area (Å²) in [5.74, 6) is -0.217. The second kappa shape index (κ2) is 6.75. The Morgan fingerprint density at radius 1 is 1.28 bits per heavy atom. The molecule has 18 heavy (non-hydrogen) atoms. The number of sulfonamides is 1. The number of phenols is 1. The van der Waals surface area contributed by atoms with Gasteiger partial charge in [0.1, 0.15) is 10.6 Å². The highest BCUT2D eigenvalue weighted by Crippen LogP contribution is 2.21. The Kier molecular flexibility index (Phi) is 5.62. The van der Waals surface area contributed by atoms with Crippen LogP contribution in [0.2, 0.25) is 0 Å². The maximum Gasteiger partial charge on any atom is 0.244 e. The number of hydrogen-bond donors (Lipinski definition) is 2. The van der Waals surface area contributed by atoms with E-state index in [4.69, 9.17) is 0 Å². The fourth-order valence-corrected chi connectivity index (χ4v) is 3.15. The van der Waals surface area contributed by atoms with E-state index in [2.05, 4.69) is 11.6 Å². The highest BCUT2D eigenvalue weighted by Gasteiger charge is 2.20. The lowest BCUT2D eigenvalue weighted by Gasteiger charge is -2.14. The van der Waals surface area contributed by atoms with Crippen LogP contribution in [0.4, 0.5) is 0 Å². The van der Waals surface area contributed by atoms with E-state index in [1.54, 1.807) is 12.1 Å².